The molecule has 0 aliphatic rings. The summed E-state index contributed by atoms with van der Waals surface area (Å²) in [7, 11) is -3.54. The highest BCUT2D eigenvalue weighted by atomic mass is 32.2. The largest absolute Gasteiger partial charge is 0.315 e. The highest BCUT2D eigenvalue weighted by molar-refractivity contribution is 7.91. The van der Waals surface area contributed by atoms with Gasteiger partial charge in [-0.05, 0) is 30.0 Å². The van der Waals surface area contributed by atoms with Crippen molar-refractivity contribution in [3.05, 3.63) is 37.8 Å². The Hall–Kier alpha value is -1.00. The normalized spacial score (nSPS) is 11.9. The smallest absolute Gasteiger partial charge is 0.304 e. The fourth-order valence-electron chi connectivity index (χ4n) is 1.64. The van der Waals surface area contributed by atoms with E-state index in [1.165, 1.54) is 11.3 Å². The molecule has 2 aromatic heterocycles. The van der Waals surface area contributed by atoms with Gasteiger partial charge in [0.25, 0.3) is 0 Å². The van der Waals surface area contributed by atoms with E-state index >= 15 is 0 Å². The summed E-state index contributed by atoms with van der Waals surface area (Å²) in [5.41, 5.74) is 1.52. The molecular formula is C12H17N3O3S3. The summed E-state index contributed by atoms with van der Waals surface area (Å²) in [4.78, 5) is 13.4. The van der Waals surface area contributed by atoms with Crippen molar-refractivity contribution in [2.75, 3.05) is 6.54 Å². The lowest BCUT2D eigenvalue weighted by atomic mass is 10.3. The molecule has 9 heteroatoms. The van der Waals surface area contributed by atoms with E-state index in [0.29, 0.717) is 12.2 Å². The number of rotatable bonds is 8. The molecule has 116 valence electrons. The zero-order valence-electron chi connectivity index (χ0n) is 11.5. The van der Waals surface area contributed by atoms with Gasteiger partial charge in [0.05, 0.1) is 6.54 Å². The van der Waals surface area contributed by atoms with Gasteiger partial charge in [-0.1, -0.05) is 18.3 Å². The van der Waals surface area contributed by atoms with Crippen LogP contribution >= 0.6 is 22.7 Å². The molecule has 0 bridgehead atoms. The molecule has 0 saturated carbocycles. The van der Waals surface area contributed by atoms with Crippen molar-refractivity contribution >= 4 is 32.7 Å². The molecule has 2 rings (SSSR count). The summed E-state index contributed by atoms with van der Waals surface area (Å²) in [6.45, 7) is 3.73. The van der Waals surface area contributed by atoms with Gasteiger partial charge in [0.2, 0.25) is 10.0 Å². The van der Waals surface area contributed by atoms with Crippen LogP contribution in [0.2, 0.25) is 0 Å². The molecule has 3 N–H and O–H groups in total. The van der Waals surface area contributed by atoms with Crippen LogP contribution in [0.4, 0.5) is 0 Å². The SMILES string of the molecule is CCCNCc1csc(S(=O)(=O)NCc2csc(=O)[nH]2)c1. The van der Waals surface area contributed by atoms with Crippen LogP contribution < -0.4 is 14.9 Å². The molecule has 0 amide bonds. The number of nitrogens with one attached hydrogen (secondary N) is 3. The van der Waals surface area contributed by atoms with Gasteiger partial charge in [-0.15, -0.1) is 11.3 Å². The average molecular weight is 347 g/mol. The van der Waals surface area contributed by atoms with Gasteiger partial charge < -0.3 is 10.3 Å². The molecule has 0 unspecified atom stereocenters. The Balaban J connectivity index is 1.97. The Bertz CT molecular complexity index is 730. The number of aromatic nitrogens is 1. The number of hydrogen-bond acceptors (Lipinski definition) is 6. The molecule has 2 heterocycles. The molecule has 0 spiro atoms. The van der Waals surface area contributed by atoms with Crippen molar-refractivity contribution in [3.8, 4) is 0 Å². The van der Waals surface area contributed by atoms with Crippen LogP contribution in [-0.4, -0.2) is 19.9 Å². The second-order valence-electron chi connectivity index (χ2n) is 4.45. The first-order valence-electron chi connectivity index (χ1n) is 6.45. The number of thiophene rings is 1. The lowest BCUT2D eigenvalue weighted by molar-refractivity contribution is 0.582. The molecule has 0 fully saturated rings. The molecule has 21 heavy (non-hydrogen) atoms. The van der Waals surface area contributed by atoms with Crippen molar-refractivity contribution in [3.63, 3.8) is 0 Å². The van der Waals surface area contributed by atoms with Crippen LogP contribution in [0.25, 0.3) is 0 Å². The second-order valence-corrected chi connectivity index (χ2v) is 8.20. The quantitative estimate of drug-likeness (QED) is 0.631. The standard InChI is InChI=1S/C12H17N3O3S3/c1-2-3-13-5-9-4-11(19-7-9)21(17,18)14-6-10-8-20-12(16)15-10/h4,7-8,13-14H,2-3,5-6H2,1H3,(H,15,16). The van der Waals surface area contributed by atoms with Gasteiger partial charge in [0.15, 0.2) is 0 Å². The van der Waals surface area contributed by atoms with Crippen LogP contribution in [0.1, 0.15) is 24.6 Å². The van der Waals surface area contributed by atoms with Crippen LogP contribution in [0, 0.1) is 0 Å². The van der Waals surface area contributed by atoms with E-state index < -0.39 is 10.0 Å². The Morgan fingerprint density at radius 2 is 2.05 bits per heavy atom. The highest BCUT2D eigenvalue weighted by Crippen LogP contribution is 2.20. The molecule has 0 aromatic carbocycles. The first-order valence-corrected chi connectivity index (χ1v) is 9.70. The third-order valence-electron chi connectivity index (χ3n) is 2.67. The van der Waals surface area contributed by atoms with E-state index in [4.69, 9.17) is 0 Å². The summed E-state index contributed by atoms with van der Waals surface area (Å²) in [6.07, 6.45) is 1.04. The van der Waals surface area contributed by atoms with Gasteiger partial charge in [-0.3, -0.25) is 4.79 Å². The second kappa shape index (κ2) is 7.32. The highest BCUT2D eigenvalue weighted by Gasteiger charge is 2.16. The first kappa shape index (κ1) is 16.4. The molecule has 0 saturated heterocycles. The zero-order chi connectivity index (χ0) is 15.3. The van der Waals surface area contributed by atoms with Gasteiger partial charge in [0, 0.05) is 17.6 Å². The van der Waals surface area contributed by atoms with Crippen LogP contribution in [0.3, 0.4) is 0 Å². The maximum atomic E-state index is 12.1. The summed E-state index contributed by atoms with van der Waals surface area (Å²) in [6, 6.07) is 1.67. The Kier molecular flexibility index (Phi) is 5.71. The lowest BCUT2D eigenvalue weighted by Gasteiger charge is -2.02. The van der Waals surface area contributed by atoms with E-state index in [-0.39, 0.29) is 15.6 Å². The van der Waals surface area contributed by atoms with Gasteiger partial charge in [-0.2, -0.15) is 0 Å². The minimum absolute atomic E-state index is 0.0857. The Morgan fingerprint density at radius 3 is 2.71 bits per heavy atom. The molecule has 2 aromatic rings. The maximum Gasteiger partial charge on any atom is 0.304 e. The van der Waals surface area contributed by atoms with Gasteiger partial charge >= 0.3 is 4.87 Å². The molecular weight excluding hydrogens is 330 g/mol. The predicted octanol–water partition coefficient (Wildman–Crippen LogP) is 1.48. The van der Waals surface area contributed by atoms with Crippen LogP contribution in [-0.2, 0) is 23.1 Å². The van der Waals surface area contributed by atoms with E-state index in [9.17, 15) is 13.2 Å². The van der Waals surface area contributed by atoms with Crippen molar-refractivity contribution < 1.29 is 8.42 Å². The minimum Gasteiger partial charge on any atom is -0.315 e. The number of hydrogen-bond donors (Lipinski definition) is 3. The van der Waals surface area contributed by atoms with Crippen LogP contribution in [0.5, 0.6) is 0 Å². The number of thiazole rings is 1. The maximum absolute atomic E-state index is 12.1. The number of H-pyrrole nitrogens is 1. The number of sulfonamides is 1. The summed E-state index contributed by atoms with van der Waals surface area (Å²) in [5, 5.41) is 6.68. The summed E-state index contributed by atoms with van der Waals surface area (Å²) >= 11 is 2.21. The van der Waals surface area contributed by atoms with E-state index in [2.05, 4.69) is 21.9 Å². The topological polar surface area (TPSA) is 91.1 Å². The molecule has 6 nitrogen and oxygen atoms in total. The minimum atomic E-state index is -3.54. The van der Waals surface area contributed by atoms with Crippen molar-refractivity contribution in [1.29, 1.82) is 0 Å². The third-order valence-corrected chi connectivity index (χ3v) is 6.28. The van der Waals surface area contributed by atoms with Gasteiger partial charge in [-0.25, -0.2) is 13.1 Å². The molecule has 0 atom stereocenters. The fourth-order valence-corrected chi connectivity index (χ4v) is 4.48. The van der Waals surface area contributed by atoms with Crippen molar-refractivity contribution in [2.24, 2.45) is 0 Å². The van der Waals surface area contributed by atoms with E-state index in [0.717, 1.165) is 29.9 Å². The van der Waals surface area contributed by atoms with Crippen molar-refractivity contribution in [1.82, 2.24) is 15.0 Å². The molecule has 0 aliphatic heterocycles. The molecule has 0 aliphatic carbocycles. The molecule has 0 radical (unpaired) electrons. The van der Waals surface area contributed by atoms with Crippen LogP contribution in [0.15, 0.2) is 25.8 Å². The Labute approximate surface area is 131 Å². The fraction of sp³-hybridized carbons (Fsp3) is 0.417. The monoisotopic (exact) mass is 347 g/mol. The van der Waals surface area contributed by atoms with Crippen molar-refractivity contribution in [2.45, 2.75) is 30.6 Å². The lowest BCUT2D eigenvalue weighted by Crippen LogP contribution is -2.23. The zero-order valence-corrected chi connectivity index (χ0v) is 14.0. The Morgan fingerprint density at radius 1 is 1.24 bits per heavy atom. The summed E-state index contributed by atoms with van der Waals surface area (Å²) in [5.74, 6) is 0. The predicted molar refractivity (Wildman–Crippen MR) is 85.3 cm³/mol. The van der Waals surface area contributed by atoms with Gasteiger partial charge in [0.1, 0.15) is 4.21 Å². The average Bonchev–Trinajstić information content (AvgIpc) is 3.06. The number of aromatic amines is 1. The van der Waals surface area contributed by atoms with E-state index in [1.807, 2.05) is 5.38 Å². The first-order chi connectivity index (χ1) is 10.0. The van der Waals surface area contributed by atoms with E-state index in [1.54, 1.807) is 11.4 Å². The summed E-state index contributed by atoms with van der Waals surface area (Å²) < 4.78 is 27.1. The third kappa shape index (κ3) is 4.75.